The summed E-state index contributed by atoms with van der Waals surface area (Å²) in [6.45, 7) is 3.68. The molecule has 3 rings (SSSR count). The molecule has 0 spiro atoms. The summed E-state index contributed by atoms with van der Waals surface area (Å²) in [5.41, 5.74) is 4.05. The van der Waals surface area contributed by atoms with Gasteiger partial charge in [0, 0.05) is 23.1 Å². The Kier molecular flexibility index (Phi) is 7.06. The second-order valence-electron chi connectivity index (χ2n) is 6.56. The molecule has 3 aromatic rings. The minimum absolute atomic E-state index is 0.139. The van der Waals surface area contributed by atoms with Crippen LogP contribution in [0.5, 0.6) is 11.5 Å². The van der Waals surface area contributed by atoms with Crippen molar-refractivity contribution in [3.8, 4) is 11.5 Å². The van der Waals surface area contributed by atoms with Crippen LogP contribution in [0.4, 0.5) is 4.39 Å². The Labute approximate surface area is 173 Å². The first kappa shape index (κ1) is 20.4. The van der Waals surface area contributed by atoms with Crippen molar-refractivity contribution in [1.29, 1.82) is 0 Å². The smallest absolute Gasteiger partial charge is 0.162 e. The Morgan fingerprint density at radius 3 is 2.39 bits per heavy atom. The lowest BCUT2D eigenvalue weighted by Gasteiger charge is -2.15. The molecule has 28 heavy (non-hydrogen) atoms. The summed E-state index contributed by atoms with van der Waals surface area (Å²) >= 11 is 3.60. The number of hydrogen-bond acceptors (Lipinski definition) is 3. The zero-order valence-corrected chi connectivity index (χ0v) is 17.6. The lowest BCUT2D eigenvalue weighted by Crippen LogP contribution is -2.13. The lowest BCUT2D eigenvalue weighted by atomic mass is 10.1. The molecule has 3 aromatic carbocycles. The molecular formula is C23H23BrFNO2. The zero-order valence-electron chi connectivity index (χ0n) is 16.0. The number of aryl methyl sites for hydroxylation is 1. The largest absolute Gasteiger partial charge is 0.493 e. The number of hydrogen-bond donors (Lipinski definition) is 1. The summed E-state index contributed by atoms with van der Waals surface area (Å²) in [4.78, 5) is 0. The third-order valence-electron chi connectivity index (χ3n) is 4.44. The number of benzene rings is 3. The maximum Gasteiger partial charge on any atom is 0.162 e. The predicted molar refractivity (Wildman–Crippen MR) is 113 cm³/mol. The van der Waals surface area contributed by atoms with Crippen LogP contribution in [0.2, 0.25) is 0 Å². The van der Waals surface area contributed by atoms with Crippen LogP contribution in [0.25, 0.3) is 0 Å². The van der Waals surface area contributed by atoms with Crippen molar-refractivity contribution in [2.24, 2.45) is 0 Å². The summed E-state index contributed by atoms with van der Waals surface area (Å²) in [6.07, 6.45) is 0. The molecule has 0 heterocycles. The molecule has 0 aliphatic heterocycles. The van der Waals surface area contributed by atoms with Crippen molar-refractivity contribution >= 4 is 15.9 Å². The maximum atomic E-state index is 13.8. The van der Waals surface area contributed by atoms with Gasteiger partial charge in [-0.3, -0.25) is 0 Å². The molecule has 0 bridgehead atoms. The Hall–Kier alpha value is -2.37. The Balaban J connectivity index is 1.65. The van der Waals surface area contributed by atoms with Gasteiger partial charge in [-0.05, 0) is 36.2 Å². The normalized spacial score (nSPS) is 10.7. The summed E-state index contributed by atoms with van der Waals surface area (Å²) in [5, 5.41) is 3.44. The van der Waals surface area contributed by atoms with Gasteiger partial charge in [-0.25, -0.2) is 4.39 Å². The van der Waals surface area contributed by atoms with E-state index in [4.69, 9.17) is 9.47 Å². The average Bonchev–Trinajstić information content (AvgIpc) is 2.70. The monoisotopic (exact) mass is 443 g/mol. The summed E-state index contributed by atoms with van der Waals surface area (Å²) in [5.74, 6) is 0.907. The molecule has 0 unspecified atom stereocenters. The molecule has 0 aliphatic rings. The van der Waals surface area contributed by atoms with Gasteiger partial charge in [-0.1, -0.05) is 64.0 Å². The Morgan fingerprint density at radius 2 is 1.68 bits per heavy atom. The van der Waals surface area contributed by atoms with Crippen molar-refractivity contribution in [1.82, 2.24) is 5.32 Å². The minimum atomic E-state index is -0.280. The van der Waals surface area contributed by atoms with E-state index in [1.54, 1.807) is 25.3 Å². The molecule has 0 amide bonds. The van der Waals surface area contributed by atoms with Gasteiger partial charge >= 0.3 is 0 Å². The molecule has 0 aliphatic carbocycles. The van der Waals surface area contributed by atoms with E-state index in [2.05, 4.69) is 52.4 Å². The van der Waals surface area contributed by atoms with Gasteiger partial charge in [0.25, 0.3) is 0 Å². The molecule has 0 saturated heterocycles. The van der Waals surface area contributed by atoms with Gasteiger partial charge in [0.15, 0.2) is 11.5 Å². The lowest BCUT2D eigenvalue weighted by molar-refractivity contribution is 0.279. The average molecular weight is 444 g/mol. The molecule has 0 fully saturated rings. The van der Waals surface area contributed by atoms with E-state index in [1.807, 2.05) is 12.1 Å². The number of halogens is 2. The maximum absolute atomic E-state index is 13.8. The second kappa shape index (κ2) is 9.71. The van der Waals surface area contributed by atoms with Crippen LogP contribution in [0.1, 0.15) is 22.3 Å². The van der Waals surface area contributed by atoms with E-state index in [0.29, 0.717) is 23.6 Å². The van der Waals surface area contributed by atoms with Crippen molar-refractivity contribution in [2.45, 2.75) is 26.6 Å². The molecule has 0 aromatic heterocycles. The number of rotatable bonds is 8. The molecule has 146 valence electrons. The van der Waals surface area contributed by atoms with Crippen molar-refractivity contribution in [3.05, 3.63) is 93.2 Å². The third-order valence-corrected chi connectivity index (χ3v) is 5.18. The highest BCUT2D eigenvalue weighted by Crippen LogP contribution is 2.34. The van der Waals surface area contributed by atoms with Gasteiger partial charge < -0.3 is 14.8 Å². The van der Waals surface area contributed by atoms with Crippen LogP contribution < -0.4 is 14.8 Å². The first-order chi connectivity index (χ1) is 13.6. The van der Waals surface area contributed by atoms with Gasteiger partial charge in [0.2, 0.25) is 0 Å². The van der Waals surface area contributed by atoms with Crippen LogP contribution in [0, 0.1) is 12.7 Å². The van der Waals surface area contributed by atoms with Crippen LogP contribution in [-0.4, -0.2) is 7.11 Å². The van der Waals surface area contributed by atoms with E-state index in [9.17, 15) is 4.39 Å². The fourth-order valence-electron chi connectivity index (χ4n) is 2.80. The highest BCUT2D eigenvalue weighted by Gasteiger charge is 2.11. The van der Waals surface area contributed by atoms with E-state index >= 15 is 0 Å². The quantitative estimate of drug-likeness (QED) is 0.478. The summed E-state index contributed by atoms with van der Waals surface area (Å²) in [6, 6.07) is 18.8. The molecule has 1 N–H and O–H groups in total. The number of nitrogens with one attached hydrogen (secondary N) is 1. The van der Waals surface area contributed by atoms with Crippen molar-refractivity contribution < 1.29 is 13.9 Å². The third kappa shape index (κ3) is 5.33. The highest BCUT2D eigenvalue weighted by molar-refractivity contribution is 9.10. The minimum Gasteiger partial charge on any atom is -0.493 e. The van der Waals surface area contributed by atoms with E-state index in [0.717, 1.165) is 16.6 Å². The van der Waals surface area contributed by atoms with Crippen LogP contribution in [0.15, 0.2) is 65.1 Å². The van der Waals surface area contributed by atoms with Crippen LogP contribution in [-0.2, 0) is 19.7 Å². The van der Waals surface area contributed by atoms with E-state index in [1.165, 1.54) is 17.2 Å². The number of ether oxygens (including phenoxy) is 2. The van der Waals surface area contributed by atoms with Crippen LogP contribution in [0.3, 0.4) is 0 Å². The van der Waals surface area contributed by atoms with E-state index in [-0.39, 0.29) is 12.4 Å². The molecular weight excluding hydrogens is 421 g/mol. The molecule has 0 atom stereocenters. The fraction of sp³-hybridized carbons (Fsp3) is 0.217. The fourth-order valence-corrected chi connectivity index (χ4v) is 3.27. The first-order valence-corrected chi connectivity index (χ1v) is 9.85. The topological polar surface area (TPSA) is 30.5 Å². The van der Waals surface area contributed by atoms with Crippen molar-refractivity contribution in [3.63, 3.8) is 0 Å². The molecule has 0 saturated carbocycles. The van der Waals surface area contributed by atoms with Gasteiger partial charge in [-0.15, -0.1) is 0 Å². The predicted octanol–water partition coefficient (Wildman–Crippen LogP) is 5.77. The highest BCUT2D eigenvalue weighted by atomic mass is 79.9. The SMILES string of the molecule is COc1cc(CNCc2ccc(C)cc2)c(Br)cc1OCc1ccccc1F. The molecule has 5 heteroatoms. The van der Waals surface area contributed by atoms with E-state index < -0.39 is 0 Å². The summed E-state index contributed by atoms with van der Waals surface area (Å²) < 4.78 is 26.0. The summed E-state index contributed by atoms with van der Waals surface area (Å²) in [7, 11) is 1.60. The Morgan fingerprint density at radius 1 is 0.929 bits per heavy atom. The zero-order chi connectivity index (χ0) is 19.9. The van der Waals surface area contributed by atoms with Gasteiger partial charge in [0.05, 0.1) is 7.11 Å². The molecule has 3 nitrogen and oxygen atoms in total. The van der Waals surface area contributed by atoms with Gasteiger partial charge in [-0.2, -0.15) is 0 Å². The van der Waals surface area contributed by atoms with Gasteiger partial charge in [0.1, 0.15) is 12.4 Å². The number of methoxy groups -OCH3 is 1. The molecule has 0 radical (unpaired) electrons. The van der Waals surface area contributed by atoms with Crippen LogP contribution >= 0.6 is 15.9 Å². The standard InChI is InChI=1S/C23H23BrFNO2/c1-16-7-9-17(10-8-16)13-26-14-19-11-22(27-2)23(12-20(19)24)28-15-18-5-3-4-6-21(18)25/h3-12,26H,13-15H2,1-2H3. The second-order valence-corrected chi connectivity index (χ2v) is 7.42. The first-order valence-electron chi connectivity index (χ1n) is 9.05. The van der Waals surface area contributed by atoms with Crippen molar-refractivity contribution in [2.75, 3.05) is 7.11 Å². The Bertz CT molecular complexity index is 928.